The smallest absolute Gasteiger partial charge is 0.245 e. The summed E-state index contributed by atoms with van der Waals surface area (Å²) >= 11 is 0. The fourth-order valence-corrected chi connectivity index (χ4v) is 3.64. The highest BCUT2D eigenvalue weighted by atomic mass is 32.2. The van der Waals surface area contributed by atoms with Gasteiger partial charge in [-0.1, -0.05) is 37.3 Å². The van der Waals surface area contributed by atoms with Gasteiger partial charge in [0.1, 0.15) is 6.54 Å². The lowest BCUT2D eigenvalue weighted by molar-refractivity contribution is -0.114. The topological polar surface area (TPSA) is 83.6 Å². The number of para-hydroxylation sites is 1. The van der Waals surface area contributed by atoms with E-state index in [4.69, 9.17) is 0 Å². The van der Waals surface area contributed by atoms with Crippen molar-refractivity contribution in [1.29, 1.82) is 0 Å². The van der Waals surface area contributed by atoms with Gasteiger partial charge in [-0.2, -0.15) is 0 Å². The Kier molecular flexibility index (Phi) is 6.38. The van der Waals surface area contributed by atoms with Crippen LogP contribution < -0.4 is 9.62 Å². The molecular formula is C20H24N2O4S. The van der Waals surface area contributed by atoms with E-state index in [-0.39, 0.29) is 18.0 Å². The average molecular weight is 388 g/mol. The summed E-state index contributed by atoms with van der Waals surface area (Å²) < 4.78 is 25.5. The zero-order valence-electron chi connectivity index (χ0n) is 15.9. The van der Waals surface area contributed by atoms with Gasteiger partial charge in [-0.25, -0.2) is 8.42 Å². The number of nitrogens with zero attached hydrogens (tertiary/aromatic N) is 1. The number of amides is 1. The van der Waals surface area contributed by atoms with Crippen molar-refractivity contribution in [2.24, 2.45) is 0 Å². The largest absolute Gasteiger partial charge is 0.324 e. The van der Waals surface area contributed by atoms with Gasteiger partial charge in [-0.3, -0.25) is 13.9 Å². The Morgan fingerprint density at radius 2 is 1.78 bits per heavy atom. The third-order valence-corrected chi connectivity index (χ3v) is 5.37. The van der Waals surface area contributed by atoms with E-state index in [9.17, 15) is 18.0 Å². The minimum Gasteiger partial charge on any atom is -0.324 e. The summed E-state index contributed by atoms with van der Waals surface area (Å²) in [7, 11) is -3.71. The maximum Gasteiger partial charge on any atom is 0.245 e. The lowest BCUT2D eigenvalue weighted by Crippen LogP contribution is -2.37. The third-order valence-electron chi connectivity index (χ3n) is 4.23. The van der Waals surface area contributed by atoms with E-state index < -0.39 is 15.9 Å². The molecule has 2 aromatic carbocycles. The molecular weight excluding hydrogens is 364 g/mol. The van der Waals surface area contributed by atoms with Crippen LogP contribution in [0, 0.1) is 6.92 Å². The van der Waals surface area contributed by atoms with Crippen molar-refractivity contribution in [3.63, 3.8) is 0 Å². The number of anilines is 2. The van der Waals surface area contributed by atoms with Crippen LogP contribution in [0.15, 0.2) is 42.5 Å². The number of ketones is 1. The molecule has 0 aliphatic heterocycles. The van der Waals surface area contributed by atoms with Crippen LogP contribution in [0.4, 0.5) is 11.4 Å². The molecule has 1 amide bonds. The van der Waals surface area contributed by atoms with E-state index >= 15 is 0 Å². The SMILES string of the molecule is CCc1cccc(C)c1NC(=O)CN(c1cccc(C(C)=O)c1)S(C)(=O)=O. The molecule has 0 saturated carbocycles. The number of carbonyl (C=O) groups is 2. The van der Waals surface area contributed by atoms with Crippen molar-refractivity contribution >= 4 is 33.1 Å². The summed E-state index contributed by atoms with van der Waals surface area (Å²) in [5, 5.41) is 2.83. The Bertz CT molecular complexity index is 968. The quantitative estimate of drug-likeness (QED) is 0.739. The zero-order chi connectivity index (χ0) is 20.2. The van der Waals surface area contributed by atoms with E-state index in [0.29, 0.717) is 11.3 Å². The van der Waals surface area contributed by atoms with Gasteiger partial charge in [0, 0.05) is 11.3 Å². The van der Waals surface area contributed by atoms with Crippen LogP contribution in [0.5, 0.6) is 0 Å². The molecule has 0 radical (unpaired) electrons. The first-order chi connectivity index (χ1) is 12.6. The second-order valence-corrected chi connectivity index (χ2v) is 8.29. The molecule has 0 saturated heterocycles. The molecule has 0 spiro atoms. The number of rotatable bonds is 7. The molecule has 2 rings (SSSR count). The molecule has 0 aliphatic carbocycles. The molecule has 0 atom stereocenters. The Balaban J connectivity index is 2.32. The summed E-state index contributed by atoms with van der Waals surface area (Å²) in [6.07, 6.45) is 1.78. The second kappa shape index (κ2) is 8.35. The highest BCUT2D eigenvalue weighted by Gasteiger charge is 2.22. The second-order valence-electron chi connectivity index (χ2n) is 6.39. The molecule has 0 heterocycles. The molecule has 0 aliphatic rings. The van der Waals surface area contributed by atoms with Crippen molar-refractivity contribution in [1.82, 2.24) is 0 Å². The maximum absolute atomic E-state index is 12.6. The van der Waals surface area contributed by atoms with Crippen LogP contribution in [0.3, 0.4) is 0 Å². The van der Waals surface area contributed by atoms with E-state index in [1.165, 1.54) is 13.0 Å². The monoisotopic (exact) mass is 388 g/mol. The van der Waals surface area contributed by atoms with E-state index in [2.05, 4.69) is 5.32 Å². The molecule has 2 aromatic rings. The van der Waals surface area contributed by atoms with Gasteiger partial charge in [0.2, 0.25) is 15.9 Å². The normalized spacial score (nSPS) is 11.1. The van der Waals surface area contributed by atoms with Crippen LogP contribution in [0.25, 0.3) is 0 Å². The summed E-state index contributed by atoms with van der Waals surface area (Å²) in [5.41, 5.74) is 3.26. The summed E-state index contributed by atoms with van der Waals surface area (Å²) in [5.74, 6) is -0.625. The molecule has 0 aromatic heterocycles. The van der Waals surface area contributed by atoms with Gasteiger partial charge in [0.25, 0.3) is 0 Å². The number of carbonyl (C=O) groups excluding carboxylic acids is 2. The first kappa shape index (κ1) is 20.6. The van der Waals surface area contributed by atoms with E-state index in [1.807, 2.05) is 32.0 Å². The van der Waals surface area contributed by atoms with Crippen LogP contribution >= 0.6 is 0 Å². The molecule has 0 bridgehead atoms. The highest BCUT2D eigenvalue weighted by Crippen LogP contribution is 2.23. The predicted octanol–water partition coefficient (Wildman–Crippen LogP) is 3.16. The lowest BCUT2D eigenvalue weighted by atomic mass is 10.1. The van der Waals surface area contributed by atoms with Crippen LogP contribution in [-0.2, 0) is 21.2 Å². The van der Waals surface area contributed by atoms with Crippen LogP contribution in [0.1, 0.15) is 35.3 Å². The Labute approximate surface area is 160 Å². The summed E-state index contributed by atoms with van der Waals surface area (Å²) in [4.78, 5) is 24.2. The van der Waals surface area contributed by atoms with Gasteiger partial charge in [0.05, 0.1) is 11.9 Å². The van der Waals surface area contributed by atoms with Gasteiger partial charge in [-0.05, 0) is 43.5 Å². The maximum atomic E-state index is 12.6. The van der Waals surface area contributed by atoms with Crippen molar-refractivity contribution in [3.05, 3.63) is 59.2 Å². The number of nitrogens with one attached hydrogen (secondary N) is 1. The number of hydrogen-bond donors (Lipinski definition) is 1. The minimum atomic E-state index is -3.71. The number of benzene rings is 2. The zero-order valence-corrected chi connectivity index (χ0v) is 16.8. The number of aryl methyl sites for hydroxylation is 2. The fraction of sp³-hybridized carbons (Fsp3) is 0.300. The van der Waals surface area contributed by atoms with Gasteiger partial charge >= 0.3 is 0 Å². The van der Waals surface area contributed by atoms with Crippen molar-refractivity contribution in [3.8, 4) is 0 Å². The molecule has 7 heteroatoms. The van der Waals surface area contributed by atoms with Crippen LogP contribution in [-0.4, -0.2) is 32.9 Å². The van der Waals surface area contributed by atoms with E-state index in [0.717, 1.165) is 28.1 Å². The summed E-state index contributed by atoms with van der Waals surface area (Å²) in [6, 6.07) is 12.0. The van der Waals surface area contributed by atoms with Crippen LogP contribution in [0.2, 0.25) is 0 Å². The molecule has 1 N–H and O–H groups in total. The van der Waals surface area contributed by atoms with Crippen molar-refractivity contribution in [2.75, 3.05) is 22.4 Å². The first-order valence-corrected chi connectivity index (χ1v) is 10.5. The standard InChI is InChI=1S/C20H24N2O4S/c1-5-16-9-6-8-14(2)20(16)21-19(24)13-22(27(4,25)26)18-11-7-10-17(12-18)15(3)23/h6-12H,5,13H2,1-4H3,(H,21,24). The molecule has 0 fully saturated rings. The molecule has 144 valence electrons. The molecule has 0 unspecified atom stereocenters. The van der Waals surface area contributed by atoms with Gasteiger partial charge < -0.3 is 5.32 Å². The highest BCUT2D eigenvalue weighted by molar-refractivity contribution is 7.92. The number of Topliss-reactive ketones (excluding diaryl/α,β-unsaturated/α-hetero) is 1. The van der Waals surface area contributed by atoms with Crippen molar-refractivity contribution < 1.29 is 18.0 Å². The van der Waals surface area contributed by atoms with Gasteiger partial charge in [0.15, 0.2) is 5.78 Å². The number of sulfonamides is 1. The van der Waals surface area contributed by atoms with Gasteiger partial charge in [-0.15, -0.1) is 0 Å². The fourth-order valence-electron chi connectivity index (χ4n) is 2.79. The Hall–Kier alpha value is -2.67. The molecule has 6 nitrogen and oxygen atoms in total. The Morgan fingerprint density at radius 3 is 2.37 bits per heavy atom. The minimum absolute atomic E-state index is 0.178. The lowest BCUT2D eigenvalue weighted by Gasteiger charge is -2.23. The first-order valence-electron chi connectivity index (χ1n) is 8.60. The summed E-state index contributed by atoms with van der Waals surface area (Å²) in [6.45, 7) is 4.90. The average Bonchev–Trinajstić information content (AvgIpc) is 2.60. The molecule has 27 heavy (non-hydrogen) atoms. The van der Waals surface area contributed by atoms with Crippen molar-refractivity contribution in [2.45, 2.75) is 27.2 Å². The number of hydrogen-bond acceptors (Lipinski definition) is 4. The predicted molar refractivity (Wildman–Crippen MR) is 108 cm³/mol. The third kappa shape index (κ3) is 5.17. The Morgan fingerprint density at radius 1 is 1.11 bits per heavy atom. The van der Waals surface area contributed by atoms with E-state index in [1.54, 1.807) is 18.2 Å².